The minimum absolute atomic E-state index is 0.0244. The van der Waals surface area contributed by atoms with Gasteiger partial charge in [0.05, 0.1) is 46.9 Å². The summed E-state index contributed by atoms with van der Waals surface area (Å²) in [5.74, 6) is -0.159. The molecule has 20 heteroatoms. The summed E-state index contributed by atoms with van der Waals surface area (Å²) in [6, 6.07) is 23.1. The van der Waals surface area contributed by atoms with Crippen molar-refractivity contribution >= 4 is 70.0 Å². The number of rotatable bonds is 16. The summed E-state index contributed by atoms with van der Waals surface area (Å²) >= 11 is 0. The van der Waals surface area contributed by atoms with E-state index in [4.69, 9.17) is 0 Å². The van der Waals surface area contributed by atoms with Crippen LogP contribution < -0.4 is 62.1 Å². The number of hydrogen-bond acceptors (Lipinski definition) is 12. The molecular weight excluding hydrogens is 1210 g/mol. The molecule has 4 aromatic carbocycles. The molecule has 0 unspecified atom stereocenters. The average Bonchev–Trinajstić information content (AvgIpc) is 1.63. The number of nitrogens with one attached hydrogen (secondary N) is 8. The summed E-state index contributed by atoms with van der Waals surface area (Å²) in [6.45, 7) is 31.9. The van der Waals surface area contributed by atoms with Crippen LogP contribution in [-0.4, -0.2) is 144 Å². The van der Waals surface area contributed by atoms with Crippen LogP contribution >= 0.6 is 0 Å². The van der Waals surface area contributed by atoms with E-state index in [1.807, 2.05) is 159 Å². The lowest BCUT2D eigenvalue weighted by molar-refractivity contribution is -0.127. The van der Waals surface area contributed by atoms with Crippen LogP contribution in [0.25, 0.3) is 0 Å². The molecule has 8 heterocycles. The van der Waals surface area contributed by atoms with Gasteiger partial charge in [-0.3, -0.25) is 58.0 Å². The van der Waals surface area contributed by atoms with E-state index >= 15 is 0 Å². The van der Waals surface area contributed by atoms with E-state index in [-0.39, 0.29) is 120 Å². The highest BCUT2D eigenvalue weighted by Crippen LogP contribution is 2.43. The van der Waals surface area contributed by atoms with Gasteiger partial charge in [-0.2, -0.15) is 0 Å². The molecule has 0 saturated heterocycles. The summed E-state index contributed by atoms with van der Waals surface area (Å²) in [5, 5.41) is 25.4. The van der Waals surface area contributed by atoms with Gasteiger partial charge in [0.1, 0.15) is 24.2 Å². The topological polar surface area (TPSA) is 246 Å². The van der Waals surface area contributed by atoms with Gasteiger partial charge in [0, 0.05) is 74.0 Å². The molecule has 0 fully saturated rings. The lowest BCUT2D eigenvalue weighted by Gasteiger charge is -2.29. The lowest BCUT2D eigenvalue weighted by atomic mass is 10.0. The van der Waals surface area contributed by atoms with Crippen molar-refractivity contribution in [2.75, 3.05) is 19.6 Å². The zero-order chi connectivity index (χ0) is 69.7. The van der Waals surface area contributed by atoms with E-state index in [0.717, 1.165) is 96.4 Å². The maximum Gasteiger partial charge on any atom is 0.244 e. The van der Waals surface area contributed by atoms with Crippen LogP contribution in [0.1, 0.15) is 181 Å². The molecule has 0 saturated carbocycles. The molecule has 8 aliphatic rings. The quantitative estimate of drug-likeness (QED) is 0.0559. The molecule has 8 atom stereocenters. The van der Waals surface area contributed by atoms with E-state index in [1.54, 1.807) is 19.6 Å². The zero-order valence-corrected chi connectivity index (χ0v) is 59.7. The van der Waals surface area contributed by atoms with E-state index in [1.165, 1.54) is 22.3 Å². The van der Waals surface area contributed by atoms with Gasteiger partial charge >= 0.3 is 0 Å². The summed E-state index contributed by atoms with van der Waals surface area (Å²) < 4.78 is 0. The number of anilines is 4. The average molecular weight is 1320 g/mol. The minimum Gasteiger partial charge on any atom is -0.352 e. The van der Waals surface area contributed by atoms with Crippen LogP contribution in [0.15, 0.2) is 72.8 Å². The van der Waals surface area contributed by atoms with Crippen LogP contribution in [-0.2, 0) is 89.7 Å². The molecule has 8 aliphatic heterocycles. The Morgan fingerprint density at radius 3 is 0.635 bits per heavy atom. The number of aryl methyl sites for hydroxylation is 4. The molecule has 4 aromatic rings. The Labute approximate surface area is 569 Å². The molecule has 12 rings (SSSR count). The summed E-state index contributed by atoms with van der Waals surface area (Å²) in [6.07, 6.45) is 8.88. The number of benzene rings is 4. The number of hydrogen-bond donors (Lipinski definition) is 8. The van der Waals surface area contributed by atoms with Gasteiger partial charge in [-0.25, -0.2) is 0 Å². The van der Waals surface area contributed by atoms with Crippen LogP contribution in [0.2, 0.25) is 0 Å². The fourth-order valence-corrected chi connectivity index (χ4v) is 15.1. The third kappa shape index (κ3) is 16.4. The van der Waals surface area contributed by atoms with Crippen molar-refractivity contribution in [3.63, 3.8) is 0 Å². The van der Waals surface area contributed by atoms with Gasteiger partial charge in [0.2, 0.25) is 47.3 Å². The molecule has 0 aliphatic carbocycles. The molecule has 8 amide bonds. The molecule has 0 aromatic heterocycles. The first kappa shape index (κ1) is 72.7. The maximum atomic E-state index is 13.2. The highest BCUT2D eigenvalue weighted by molar-refractivity contribution is 6.10. The van der Waals surface area contributed by atoms with Gasteiger partial charge in [-0.1, -0.05) is 128 Å². The number of para-hydroxylation sites is 4. The zero-order valence-electron chi connectivity index (χ0n) is 59.7. The largest absolute Gasteiger partial charge is 0.352 e. The second-order valence-corrected chi connectivity index (χ2v) is 29.7. The van der Waals surface area contributed by atoms with Crippen LogP contribution in [0.4, 0.5) is 22.7 Å². The Kier molecular flexibility index (Phi) is 23.7. The van der Waals surface area contributed by atoms with Gasteiger partial charge in [0.15, 0.2) is 0 Å². The standard InChI is InChI=1S/4C19H27N3O2/c4*1-11(2)20-15-9-8-13-6-5-7-14-10-16(18(23)21-12(3)4)22(17(13)14)19(15)24/h4*5-7,11-12,15-16,20H,8-10H2,1-4H3,(H,21,23)/t2*15-,16+;2*15-,16-/m1010/s1. The van der Waals surface area contributed by atoms with E-state index < -0.39 is 24.2 Å². The van der Waals surface area contributed by atoms with Crippen molar-refractivity contribution in [3.05, 3.63) is 117 Å². The summed E-state index contributed by atoms with van der Waals surface area (Å²) in [7, 11) is 0. The Bertz CT molecular complexity index is 3070. The van der Waals surface area contributed by atoms with Crippen molar-refractivity contribution in [1.29, 1.82) is 0 Å². The van der Waals surface area contributed by atoms with Crippen LogP contribution in [0.5, 0.6) is 0 Å². The molecule has 20 nitrogen and oxygen atoms in total. The molecule has 8 N–H and O–H groups in total. The van der Waals surface area contributed by atoms with E-state index in [0.29, 0.717) is 25.7 Å². The first-order valence-corrected chi connectivity index (χ1v) is 35.5. The van der Waals surface area contributed by atoms with Crippen molar-refractivity contribution < 1.29 is 38.4 Å². The summed E-state index contributed by atoms with van der Waals surface area (Å²) in [4.78, 5) is 111. The van der Waals surface area contributed by atoms with Gasteiger partial charge in [0.25, 0.3) is 0 Å². The fraction of sp³-hybridized carbons (Fsp3) is 0.579. The van der Waals surface area contributed by atoms with Crippen molar-refractivity contribution in [2.24, 2.45) is 0 Å². The van der Waals surface area contributed by atoms with Crippen LogP contribution in [0, 0.1) is 0 Å². The molecule has 520 valence electrons. The van der Waals surface area contributed by atoms with Gasteiger partial charge < -0.3 is 42.5 Å². The highest BCUT2D eigenvalue weighted by Gasteiger charge is 2.48. The van der Waals surface area contributed by atoms with Crippen molar-refractivity contribution in [2.45, 2.75) is 284 Å². The molecule has 0 spiro atoms. The van der Waals surface area contributed by atoms with Crippen LogP contribution in [0.3, 0.4) is 0 Å². The maximum absolute atomic E-state index is 13.2. The fourth-order valence-electron chi connectivity index (χ4n) is 15.1. The SMILES string of the molecule is CC(C)NC(=O)[C@@H]1Cc2cccc3c2N1C(=O)[C@@H](NC(C)C)CC3.CC(C)NC(=O)[C@@H]1Cc2cccc3c2N1C(=O)[C@H](NC(C)C)CC3.CC(C)NC(=O)[C@H]1Cc2cccc3c2N1C(=O)[C@@H](NC(C)C)CC3.CC(C)NC(=O)[C@H]1Cc2cccc3c2N1C(=O)[C@H](NC(C)C)CC3. The Morgan fingerprint density at radius 1 is 0.292 bits per heavy atom. The number of carbonyl (C=O) groups excluding carboxylic acids is 8. The first-order chi connectivity index (χ1) is 45.5. The second kappa shape index (κ2) is 31.3. The molecule has 0 radical (unpaired) electrons. The number of amides is 8. The van der Waals surface area contributed by atoms with E-state index in [9.17, 15) is 38.4 Å². The normalized spacial score (nSPS) is 22.8. The summed E-state index contributed by atoms with van der Waals surface area (Å²) in [5.41, 5.74) is 13.0. The Balaban J connectivity index is 0.000000150. The predicted molar refractivity (Wildman–Crippen MR) is 380 cm³/mol. The van der Waals surface area contributed by atoms with Gasteiger partial charge in [-0.15, -0.1) is 0 Å². The van der Waals surface area contributed by atoms with E-state index in [2.05, 4.69) is 66.8 Å². The Hall–Kier alpha value is -7.52. The third-order valence-corrected chi connectivity index (χ3v) is 18.7. The van der Waals surface area contributed by atoms with Crippen molar-refractivity contribution in [3.8, 4) is 0 Å². The number of carbonyl (C=O) groups is 8. The first-order valence-electron chi connectivity index (χ1n) is 35.5. The predicted octanol–water partition coefficient (Wildman–Crippen LogP) is 7.13. The smallest absolute Gasteiger partial charge is 0.244 e. The van der Waals surface area contributed by atoms with Crippen molar-refractivity contribution in [1.82, 2.24) is 42.5 Å². The monoisotopic (exact) mass is 1320 g/mol. The Morgan fingerprint density at radius 2 is 0.469 bits per heavy atom. The molecular formula is C76H108N12O8. The molecule has 0 bridgehead atoms. The second-order valence-electron chi connectivity index (χ2n) is 29.7. The minimum atomic E-state index is -0.439. The third-order valence-electron chi connectivity index (χ3n) is 18.7. The lowest BCUT2D eigenvalue weighted by Crippen LogP contribution is -2.55. The molecule has 96 heavy (non-hydrogen) atoms. The number of nitrogens with zero attached hydrogens (tertiary/aromatic N) is 4. The van der Waals surface area contributed by atoms with Gasteiger partial charge in [-0.05, 0) is 151 Å². The highest BCUT2D eigenvalue weighted by atomic mass is 16.2.